The lowest BCUT2D eigenvalue weighted by Crippen LogP contribution is -2.50. The summed E-state index contributed by atoms with van der Waals surface area (Å²) in [4.78, 5) is 27.9. The van der Waals surface area contributed by atoms with Crippen LogP contribution in [-0.2, 0) is 26.2 Å². The molecule has 0 unspecified atom stereocenters. The monoisotopic (exact) mass is 501 g/mol. The molecule has 0 spiro atoms. The topological polar surface area (TPSA) is 86.8 Å². The predicted molar refractivity (Wildman–Crippen MR) is 142 cm³/mol. The molecule has 2 aromatic rings. The highest BCUT2D eigenvalue weighted by molar-refractivity contribution is 7.92. The number of carbonyl (C=O) groups is 2. The van der Waals surface area contributed by atoms with Crippen molar-refractivity contribution in [3.63, 3.8) is 0 Å². The molecule has 1 atom stereocenters. The molecular formula is C27H39N3O4S. The first-order valence-corrected chi connectivity index (χ1v) is 14.0. The van der Waals surface area contributed by atoms with Crippen molar-refractivity contribution >= 4 is 27.5 Å². The van der Waals surface area contributed by atoms with Crippen LogP contribution in [-0.4, -0.2) is 50.0 Å². The Kier molecular flexibility index (Phi) is 10.3. The Bertz CT molecular complexity index is 1100. The number of nitrogens with one attached hydrogen (secondary N) is 1. The number of hydrogen-bond donors (Lipinski definition) is 1. The van der Waals surface area contributed by atoms with Gasteiger partial charge in [0.05, 0.1) is 11.9 Å². The van der Waals surface area contributed by atoms with E-state index in [4.69, 9.17) is 0 Å². The summed E-state index contributed by atoms with van der Waals surface area (Å²) >= 11 is 0. The molecule has 0 saturated carbocycles. The second-order valence-electron chi connectivity index (χ2n) is 9.25. The summed E-state index contributed by atoms with van der Waals surface area (Å²) in [5, 5.41) is 2.92. The predicted octanol–water partition coefficient (Wildman–Crippen LogP) is 4.18. The number of aryl methyl sites for hydroxylation is 1. The lowest BCUT2D eigenvalue weighted by atomic mass is 10.1. The van der Waals surface area contributed by atoms with E-state index >= 15 is 0 Å². The highest BCUT2D eigenvalue weighted by atomic mass is 32.2. The molecule has 2 aromatic carbocycles. The zero-order valence-corrected chi connectivity index (χ0v) is 22.6. The first-order chi connectivity index (χ1) is 16.5. The Labute approximate surface area is 210 Å². The number of anilines is 1. The van der Waals surface area contributed by atoms with Crippen molar-refractivity contribution in [1.82, 2.24) is 10.2 Å². The molecule has 35 heavy (non-hydrogen) atoms. The Morgan fingerprint density at radius 1 is 1.00 bits per heavy atom. The van der Waals surface area contributed by atoms with Gasteiger partial charge in [-0.1, -0.05) is 49.4 Å². The number of nitrogens with zero attached hydrogens (tertiary/aromatic N) is 2. The van der Waals surface area contributed by atoms with Crippen LogP contribution in [0.25, 0.3) is 0 Å². The van der Waals surface area contributed by atoms with E-state index in [2.05, 4.69) is 5.32 Å². The summed E-state index contributed by atoms with van der Waals surface area (Å²) in [7, 11) is -3.53. The van der Waals surface area contributed by atoms with Crippen LogP contribution in [0.1, 0.15) is 56.7 Å². The Hall–Kier alpha value is -2.87. The van der Waals surface area contributed by atoms with Gasteiger partial charge in [-0.25, -0.2) is 8.42 Å². The highest BCUT2D eigenvalue weighted by Crippen LogP contribution is 2.25. The van der Waals surface area contributed by atoms with Crippen molar-refractivity contribution < 1.29 is 18.0 Å². The summed E-state index contributed by atoms with van der Waals surface area (Å²) in [5.74, 6) is -0.353. The van der Waals surface area contributed by atoms with Crippen molar-refractivity contribution in [2.24, 2.45) is 0 Å². The molecule has 0 aliphatic heterocycles. The zero-order chi connectivity index (χ0) is 26.2. The maximum Gasteiger partial charge on any atom is 0.243 e. The van der Waals surface area contributed by atoms with Crippen molar-refractivity contribution in [3.8, 4) is 0 Å². The van der Waals surface area contributed by atoms with E-state index in [-0.39, 0.29) is 30.8 Å². The van der Waals surface area contributed by atoms with Crippen LogP contribution >= 0.6 is 0 Å². The van der Waals surface area contributed by atoms with Crippen molar-refractivity contribution in [1.29, 1.82) is 0 Å². The summed E-state index contributed by atoms with van der Waals surface area (Å²) < 4.78 is 26.5. The van der Waals surface area contributed by atoms with Crippen LogP contribution in [0.15, 0.2) is 48.5 Å². The zero-order valence-electron chi connectivity index (χ0n) is 21.7. The highest BCUT2D eigenvalue weighted by Gasteiger charge is 2.29. The van der Waals surface area contributed by atoms with Crippen LogP contribution in [0.4, 0.5) is 5.69 Å². The molecule has 0 fully saturated rings. The molecule has 0 aliphatic carbocycles. The van der Waals surface area contributed by atoms with Gasteiger partial charge in [0.15, 0.2) is 0 Å². The van der Waals surface area contributed by atoms with Gasteiger partial charge in [-0.2, -0.15) is 0 Å². The van der Waals surface area contributed by atoms with Gasteiger partial charge in [0.25, 0.3) is 0 Å². The number of sulfonamides is 1. The average Bonchev–Trinajstić information content (AvgIpc) is 2.78. The first-order valence-electron chi connectivity index (χ1n) is 12.1. The molecule has 0 saturated heterocycles. The fourth-order valence-electron chi connectivity index (χ4n) is 4.07. The molecule has 0 heterocycles. The Morgan fingerprint density at radius 2 is 1.66 bits per heavy atom. The van der Waals surface area contributed by atoms with E-state index in [1.807, 2.05) is 77.1 Å². The third kappa shape index (κ3) is 8.09. The molecule has 8 heteroatoms. The minimum absolute atomic E-state index is 0.0360. The van der Waals surface area contributed by atoms with E-state index in [1.165, 1.54) is 10.6 Å². The van der Waals surface area contributed by atoms with E-state index in [0.29, 0.717) is 25.1 Å². The SMILES string of the molecule is CC[C@@H](C(=O)NC(C)C)N(Cc1ccccc1)C(=O)CCCN(c1cccc(C)c1C)S(C)(=O)=O. The molecule has 2 rings (SSSR count). The van der Waals surface area contributed by atoms with Crippen molar-refractivity contribution in [2.45, 2.75) is 72.5 Å². The van der Waals surface area contributed by atoms with Gasteiger partial charge in [0.2, 0.25) is 21.8 Å². The summed E-state index contributed by atoms with van der Waals surface area (Å²) in [6, 6.07) is 14.5. The first kappa shape index (κ1) is 28.4. The van der Waals surface area contributed by atoms with Crippen LogP contribution in [0, 0.1) is 13.8 Å². The fraction of sp³-hybridized carbons (Fsp3) is 0.481. The van der Waals surface area contributed by atoms with Crippen LogP contribution in [0.3, 0.4) is 0 Å². The maximum absolute atomic E-state index is 13.4. The minimum atomic E-state index is -3.53. The van der Waals surface area contributed by atoms with E-state index in [0.717, 1.165) is 16.7 Å². The normalized spacial score (nSPS) is 12.3. The van der Waals surface area contributed by atoms with Crippen molar-refractivity contribution in [2.75, 3.05) is 17.1 Å². The number of benzene rings is 2. The van der Waals surface area contributed by atoms with Crippen LogP contribution < -0.4 is 9.62 Å². The lowest BCUT2D eigenvalue weighted by Gasteiger charge is -2.31. The van der Waals surface area contributed by atoms with E-state index in [9.17, 15) is 18.0 Å². The molecule has 1 N–H and O–H groups in total. The summed E-state index contributed by atoms with van der Waals surface area (Å²) in [5.41, 5.74) is 3.46. The number of amides is 2. The second-order valence-corrected chi connectivity index (χ2v) is 11.2. The standard InChI is InChI=1S/C27H39N3O4S/c1-7-24(27(32)28-20(2)3)29(19-23-14-9-8-10-15-23)26(31)17-12-18-30(35(6,33)34)25-16-11-13-21(4)22(25)5/h8-11,13-16,20,24H,7,12,17-19H2,1-6H3,(H,28,32)/t24-/m0/s1. The Balaban J connectivity index is 2.22. The summed E-state index contributed by atoms with van der Waals surface area (Å²) in [6.45, 7) is 10.0. The lowest BCUT2D eigenvalue weighted by molar-refractivity contribution is -0.141. The minimum Gasteiger partial charge on any atom is -0.352 e. The third-order valence-electron chi connectivity index (χ3n) is 6.01. The van der Waals surface area contributed by atoms with Gasteiger partial charge in [-0.3, -0.25) is 13.9 Å². The van der Waals surface area contributed by atoms with Gasteiger partial charge in [-0.15, -0.1) is 0 Å². The smallest absolute Gasteiger partial charge is 0.243 e. The summed E-state index contributed by atoms with van der Waals surface area (Å²) in [6.07, 6.45) is 2.14. The van der Waals surface area contributed by atoms with Gasteiger partial charge >= 0.3 is 0 Å². The molecule has 0 aliphatic rings. The van der Waals surface area contributed by atoms with Gasteiger partial charge in [0, 0.05) is 25.6 Å². The molecular weight excluding hydrogens is 462 g/mol. The van der Waals surface area contributed by atoms with E-state index < -0.39 is 16.1 Å². The van der Waals surface area contributed by atoms with Gasteiger partial charge in [0.1, 0.15) is 6.04 Å². The number of carbonyl (C=O) groups excluding carboxylic acids is 2. The number of hydrogen-bond acceptors (Lipinski definition) is 4. The largest absolute Gasteiger partial charge is 0.352 e. The molecule has 7 nitrogen and oxygen atoms in total. The number of rotatable bonds is 12. The average molecular weight is 502 g/mol. The molecule has 2 amide bonds. The fourth-order valence-corrected chi connectivity index (χ4v) is 5.08. The second kappa shape index (κ2) is 12.7. The molecule has 0 aromatic heterocycles. The van der Waals surface area contributed by atoms with Crippen molar-refractivity contribution in [3.05, 3.63) is 65.2 Å². The molecule has 0 bridgehead atoms. The van der Waals surface area contributed by atoms with Crippen LogP contribution in [0.2, 0.25) is 0 Å². The van der Waals surface area contributed by atoms with Gasteiger partial charge in [-0.05, 0) is 63.3 Å². The quantitative estimate of drug-likeness (QED) is 0.473. The molecule has 0 radical (unpaired) electrons. The van der Waals surface area contributed by atoms with E-state index in [1.54, 1.807) is 11.0 Å². The van der Waals surface area contributed by atoms with Gasteiger partial charge < -0.3 is 10.2 Å². The third-order valence-corrected chi connectivity index (χ3v) is 7.19. The maximum atomic E-state index is 13.4. The Morgan fingerprint density at radius 3 is 2.23 bits per heavy atom. The van der Waals surface area contributed by atoms with Crippen LogP contribution in [0.5, 0.6) is 0 Å². The molecule has 192 valence electrons.